The number of methoxy groups -OCH3 is 2. The molecule has 10 aromatic rings. The molecule has 0 spiro atoms. The molecule has 646 valence electrons. The number of fused-ring (bicyclic) bond motifs is 4. The van der Waals surface area contributed by atoms with E-state index < -0.39 is 63.7 Å². The molecule has 123 heavy (non-hydrogen) atoms. The Morgan fingerprint density at radius 1 is 0.447 bits per heavy atom. The second-order valence-corrected chi connectivity index (χ2v) is 41.7. The summed E-state index contributed by atoms with van der Waals surface area (Å²) in [5.41, 5.74) is 8.88. The van der Waals surface area contributed by atoms with E-state index in [1.807, 2.05) is 98.9 Å². The number of carbonyl (C=O) groups is 4. The van der Waals surface area contributed by atoms with E-state index in [2.05, 4.69) is 73.3 Å². The summed E-state index contributed by atoms with van der Waals surface area (Å²) >= 11 is 10.0. The molecule has 0 fully saturated rings. The molecule has 0 radical (unpaired) electrons. The lowest BCUT2D eigenvalue weighted by Crippen LogP contribution is -2.41. The van der Waals surface area contributed by atoms with Crippen LogP contribution in [0.25, 0.3) is 44.5 Å². The molecule has 6 aromatic heterocycles. The molecule has 4 aromatic carbocycles. The summed E-state index contributed by atoms with van der Waals surface area (Å²) in [6.07, 6.45) is 6.51. The number of sulfonamides is 4. The van der Waals surface area contributed by atoms with Crippen molar-refractivity contribution in [2.45, 2.75) is 107 Å². The van der Waals surface area contributed by atoms with E-state index in [0.29, 0.717) is 70.8 Å². The minimum atomic E-state index is -3.83. The van der Waals surface area contributed by atoms with Crippen LogP contribution in [0.3, 0.4) is 0 Å². The number of amidine groups is 1. The Labute approximate surface area is 735 Å². The molecule has 11 heterocycles. The molecular formula is C88H95ClN12O15S7. The Balaban J connectivity index is 0.000000150. The van der Waals surface area contributed by atoms with Gasteiger partial charge in [-0.2, -0.15) is 0 Å². The molecule has 35 heteroatoms. The number of furan rings is 1. The number of halogens is 1. The highest BCUT2D eigenvalue weighted by atomic mass is 35.5. The highest BCUT2D eigenvalue weighted by molar-refractivity contribution is 8.14. The fraction of sp³-hybridized carbons (Fsp3) is 0.273. The number of likely N-dealkylation sites (N-methyl/N-ethyl adjacent to an activating group) is 4. The monoisotopic (exact) mass is 1820 g/mol. The van der Waals surface area contributed by atoms with Gasteiger partial charge in [0.15, 0.2) is 5.17 Å². The van der Waals surface area contributed by atoms with E-state index in [4.69, 9.17) is 25.5 Å². The van der Waals surface area contributed by atoms with Crippen molar-refractivity contribution in [3.05, 3.63) is 248 Å². The van der Waals surface area contributed by atoms with Crippen molar-refractivity contribution in [1.29, 1.82) is 0 Å². The molecule has 0 saturated carbocycles. The Kier molecular flexibility index (Phi) is 29.1. The lowest BCUT2D eigenvalue weighted by Gasteiger charge is -2.32. The van der Waals surface area contributed by atoms with E-state index in [9.17, 15) is 52.8 Å². The first-order chi connectivity index (χ1) is 58.3. The van der Waals surface area contributed by atoms with E-state index in [-0.39, 0.29) is 72.0 Å². The summed E-state index contributed by atoms with van der Waals surface area (Å²) in [6, 6.07) is 48.1. The van der Waals surface area contributed by atoms with Gasteiger partial charge in [-0.1, -0.05) is 178 Å². The number of thioether (sulfide) groups is 1. The summed E-state index contributed by atoms with van der Waals surface area (Å²) in [5.74, 6) is 1.96. The molecule has 0 saturated heterocycles. The van der Waals surface area contributed by atoms with E-state index >= 15 is 0 Å². The second-order valence-electron chi connectivity index (χ2n) is 29.9. The number of nitrogens with zero attached hydrogens (tertiary/aromatic N) is 8. The number of amides is 4. The number of rotatable bonds is 16. The van der Waals surface area contributed by atoms with Crippen LogP contribution in [0.5, 0.6) is 11.5 Å². The quantitative estimate of drug-likeness (QED) is 0.0698. The van der Waals surface area contributed by atoms with E-state index in [1.165, 1.54) is 57.4 Å². The molecule has 1 unspecified atom stereocenters. The standard InChI is InChI=1S/C21H22O3.C18H19N3O3S.C17H21N3O3S2.C16H16ClN3O3S2.C16H17N3O3S2/c1-14(2)21-20(16-6-5-7-18(12-16)23-4)19(13-24-21)15-8-10-17(22-3)11-9-15;1-12(2)16-13-8-4-5-9-14(13)25(23,24)21(3)17(16)18(22)20-15-10-6-7-11-19-15;1-10(2)14-12-7-5-6-8-13(12)25(22,23)20(4)15(14)16(21)19-17-18-9-11(3)24-17;1-9(2)13-14(16(21)19-12-6-4-5-7-18-12)20(3)25(22,23)10-8-11(17)24-15(10)13;1-10(2)13-14(16(20)18-12-6-4-5-8-17-12)19(3)24(21,22)11-7-9-23-15(11)13/h5-14H,1-4H3;4-12H,1-3H3,(H,19,20,22);5-8,10-11H,9H2,1-4H3,(H,18,19,21);4-9H,1-3H3,(H,18,19,21);4-10H,1-3H3,(H,17,18,20). The number of carbonyl (C=O) groups excluding carboxylic acids is 4. The lowest BCUT2D eigenvalue weighted by molar-refractivity contribution is -0.117. The predicted octanol–water partition coefficient (Wildman–Crippen LogP) is 17.0. The van der Waals surface area contributed by atoms with Crippen molar-refractivity contribution < 1.29 is 66.7 Å². The van der Waals surface area contributed by atoms with Gasteiger partial charge in [-0.15, -0.1) is 22.7 Å². The minimum absolute atomic E-state index is 0.00941. The summed E-state index contributed by atoms with van der Waals surface area (Å²) in [7, 11) is -6.13. The molecule has 0 bridgehead atoms. The van der Waals surface area contributed by atoms with Crippen molar-refractivity contribution in [2.24, 2.45) is 28.7 Å². The summed E-state index contributed by atoms with van der Waals surface area (Å²) in [5, 5.41) is 13.4. The molecule has 5 aliphatic heterocycles. The largest absolute Gasteiger partial charge is 0.497 e. The maximum atomic E-state index is 12.9. The number of aromatic nitrogens is 3. The number of allylic oxidation sites excluding steroid dienone is 4. The first kappa shape index (κ1) is 92.5. The van der Waals surface area contributed by atoms with Crippen molar-refractivity contribution in [3.63, 3.8) is 0 Å². The summed E-state index contributed by atoms with van der Waals surface area (Å²) in [4.78, 5) is 69.9. The Morgan fingerprint density at radius 2 is 0.862 bits per heavy atom. The Hall–Kier alpha value is -11.2. The maximum Gasteiger partial charge on any atom is 0.274 e. The number of aliphatic imine (C=N–C) groups is 1. The fourth-order valence-corrected chi connectivity index (χ4v) is 23.9. The van der Waals surface area contributed by atoms with Crippen LogP contribution in [0.15, 0.2) is 246 Å². The van der Waals surface area contributed by atoms with Crippen molar-refractivity contribution in [3.8, 4) is 33.8 Å². The number of anilines is 3. The predicted molar refractivity (Wildman–Crippen MR) is 486 cm³/mol. The normalized spacial score (nSPS) is 16.3. The van der Waals surface area contributed by atoms with Gasteiger partial charge in [-0.05, 0) is 136 Å². The average Bonchev–Trinajstić information content (AvgIpc) is 0.814. The Bertz CT molecular complexity index is 6310. The highest BCUT2D eigenvalue weighted by Crippen LogP contribution is 2.49. The third-order valence-electron chi connectivity index (χ3n) is 20.0. The SMILES string of the molecule is CC(C)C1=C(C(=O)Nc2ccccn2)N(C)S(=O)(=O)c2cc(Cl)sc21.CC(C)C1=C(C(=O)Nc2ccccn2)N(C)S(=O)(=O)c2ccccc21.CC(C)C1=C(C(=O)Nc2ccccn2)N(C)S(=O)(=O)c2ccsc21.CC1CN=C(NC(=O)C2=C(C(C)C)c3ccccc3S(=O)(=O)N2C)S1.COc1ccc(-c2coc(C(C)C)c2-c2cccc(OC)c2)cc1. The minimum Gasteiger partial charge on any atom is -0.497 e. The molecular weight excluding hydrogens is 1720 g/mol. The fourth-order valence-electron chi connectivity index (χ4n) is 14.2. The molecule has 0 aliphatic carbocycles. The molecule has 4 amide bonds. The number of thiophene rings is 2. The van der Waals surface area contributed by atoms with Gasteiger partial charge in [0.1, 0.15) is 67.3 Å². The van der Waals surface area contributed by atoms with Gasteiger partial charge in [0, 0.05) is 91.3 Å². The zero-order valence-electron chi connectivity index (χ0n) is 70.6. The van der Waals surface area contributed by atoms with Gasteiger partial charge < -0.3 is 29.8 Å². The van der Waals surface area contributed by atoms with Gasteiger partial charge in [0.05, 0.1) is 50.9 Å². The summed E-state index contributed by atoms with van der Waals surface area (Å²) < 4.78 is 124. The first-order valence-electron chi connectivity index (χ1n) is 38.9. The number of nitrogens with one attached hydrogen (secondary N) is 4. The first-order valence-corrected chi connectivity index (χ1v) is 47.6. The van der Waals surface area contributed by atoms with Crippen LogP contribution in [-0.4, -0.2) is 149 Å². The van der Waals surface area contributed by atoms with Gasteiger partial charge in [-0.25, -0.2) is 48.6 Å². The van der Waals surface area contributed by atoms with Crippen molar-refractivity contribution in [2.75, 3.05) is 64.9 Å². The maximum absolute atomic E-state index is 12.9. The molecule has 27 nitrogen and oxygen atoms in total. The average molecular weight is 1820 g/mol. The Morgan fingerprint density at radius 3 is 1.28 bits per heavy atom. The van der Waals surface area contributed by atoms with Gasteiger partial charge >= 0.3 is 0 Å². The van der Waals surface area contributed by atoms with Crippen LogP contribution in [0, 0.1) is 23.7 Å². The van der Waals surface area contributed by atoms with E-state index in [1.54, 1.807) is 147 Å². The molecule has 4 N–H and O–H groups in total. The number of hydrogen-bond acceptors (Lipinski definition) is 22. The van der Waals surface area contributed by atoms with Crippen molar-refractivity contribution in [1.82, 2.24) is 37.5 Å². The van der Waals surface area contributed by atoms with Gasteiger partial charge in [-0.3, -0.25) is 46.7 Å². The zero-order chi connectivity index (χ0) is 89.5. The number of hydrogen-bond donors (Lipinski definition) is 4. The van der Waals surface area contributed by atoms with Crippen LogP contribution in [-0.2, 0) is 59.3 Å². The number of benzene rings is 4. The van der Waals surface area contributed by atoms with Crippen LogP contribution >= 0.6 is 46.0 Å². The number of ether oxygens (including phenoxy) is 2. The topological polar surface area (TPSA) is 349 Å². The van der Waals surface area contributed by atoms with Gasteiger partial charge in [0.2, 0.25) is 0 Å². The van der Waals surface area contributed by atoms with Crippen LogP contribution in [0.2, 0.25) is 4.34 Å². The number of pyridine rings is 3. The van der Waals surface area contributed by atoms with E-state index in [0.717, 1.165) is 79.2 Å². The smallest absolute Gasteiger partial charge is 0.274 e. The van der Waals surface area contributed by atoms with Crippen molar-refractivity contribution >= 4 is 155 Å². The highest BCUT2D eigenvalue weighted by Gasteiger charge is 2.44. The van der Waals surface area contributed by atoms with Crippen LogP contribution in [0.4, 0.5) is 17.5 Å². The second kappa shape index (κ2) is 38.7. The third kappa shape index (κ3) is 19.6. The molecule has 5 aliphatic rings. The van der Waals surface area contributed by atoms with Crippen LogP contribution < -0.4 is 30.7 Å². The third-order valence-corrected chi connectivity index (χ3v) is 30.7. The molecule has 15 rings (SSSR count). The lowest BCUT2D eigenvalue weighted by atomic mass is 9.92. The zero-order valence-corrected chi connectivity index (χ0v) is 77.1. The van der Waals surface area contributed by atoms with Crippen LogP contribution in [0.1, 0.15) is 109 Å². The van der Waals surface area contributed by atoms with Gasteiger partial charge in [0.25, 0.3) is 63.7 Å². The molecule has 1 atom stereocenters. The summed E-state index contributed by atoms with van der Waals surface area (Å²) in [6.45, 7) is 22.4.